The minimum absolute atomic E-state index is 0.0561. The van der Waals surface area contributed by atoms with Crippen molar-refractivity contribution < 1.29 is 27.8 Å². The van der Waals surface area contributed by atoms with Crippen LogP contribution in [0.15, 0.2) is 83.7 Å². The number of rotatable bonds is 8. The molecule has 0 spiro atoms. The molecule has 4 aromatic rings. The standard InChI is InChI=1S/C29H29N3O2.C2HF3O2/c1-29(2,22-12-8-5-9-13-22)20-31-16-17-32-26(19-30)27(21-10-6-4-7-11-21)25-18-23(34-3)14-15-24(25)28(32)33;3-2(4,5)1(6)7/h4-15,18,31H,16-17,20H2,1-3H3;(H,6,7). The Morgan fingerprint density at radius 1 is 1.00 bits per heavy atom. The van der Waals surface area contributed by atoms with Gasteiger partial charge in [0.25, 0.3) is 5.56 Å². The van der Waals surface area contributed by atoms with E-state index in [4.69, 9.17) is 14.6 Å². The van der Waals surface area contributed by atoms with Crippen LogP contribution in [0.2, 0.25) is 0 Å². The van der Waals surface area contributed by atoms with E-state index in [1.807, 2.05) is 54.6 Å². The van der Waals surface area contributed by atoms with Crippen LogP contribution in [0.5, 0.6) is 5.75 Å². The molecule has 3 aromatic carbocycles. The first-order valence-corrected chi connectivity index (χ1v) is 12.7. The third kappa shape index (κ3) is 7.52. The monoisotopic (exact) mass is 565 g/mol. The number of halogens is 3. The second kappa shape index (κ2) is 13.2. The molecule has 1 heterocycles. The first kappa shape index (κ1) is 30.9. The highest BCUT2D eigenvalue weighted by molar-refractivity contribution is 5.99. The molecule has 0 aliphatic rings. The van der Waals surface area contributed by atoms with E-state index in [2.05, 4.69) is 37.4 Å². The second-order valence-electron chi connectivity index (χ2n) is 9.80. The Bertz CT molecular complexity index is 1590. The number of carboxylic acid groups (broad SMARTS) is 1. The van der Waals surface area contributed by atoms with Crippen LogP contribution in [0.1, 0.15) is 25.1 Å². The Morgan fingerprint density at radius 2 is 1.59 bits per heavy atom. The van der Waals surface area contributed by atoms with E-state index in [-0.39, 0.29) is 11.0 Å². The Balaban J connectivity index is 0.000000587. The van der Waals surface area contributed by atoms with E-state index in [9.17, 15) is 23.2 Å². The van der Waals surface area contributed by atoms with Crippen molar-refractivity contribution in [2.24, 2.45) is 0 Å². The van der Waals surface area contributed by atoms with Crippen molar-refractivity contribution in [3.05, 3.63) is 100 Å². The normalized spacial score (nSPS) is 11.3. The number of fused-ring (bicyclic) bond motifs is 1. The van der Waals surface area contributed by atoms with Gasteiger partial charge in [-0.05, 0) is 29.3 Å². The smallest absolute Gasteiger partial charge is 0.490 e. The lowest BCUT2D eigenvalue weighted by atomic mass is 9.85. The van der Waals surface area contributed by atoms with Gasteiger partial charge >= 0.3 is 12.1 Å². The molecule has 0 saturated carbocycles. The minimum atomic E-state index is -5.08. The van der Waals surface area contributed by atoms with Crippen LogP contribution in [-0.4, -0.2) is 42.0 Å². The molecule has 0 bridgehead atoms. The van der Waals surface area contributed by atoms with Crippen LogP contribution in [0.25, 0.3) is 21.9 Å². The predicted octanol–water partition coefficient (Wildman–Crippen LogP) is 5.75. The highest BCUT2D eigenvalue weighted by atomic mass is 19.4. The topological polar surface area (TPSA) is 104 Å². The predicted molar refractivity (Wildman–Crippen MR) is 151 cm³/mol. The summed E-state index contributed by atoms with van der Waals surface area (Å²) < 4.78 is 38.7. The number of carbonyl (C=O) groups is 1. The summed E-state index contributed by atoms with van der Waals surface area (Å²) >= 11 is 0. The summed E-state index contributed by atoms with van der Waals surface area (Å²) in [6.45, 7) is 6.11. The van der Waals surface area contributed by atoms with Gasteiger partial charge in [-0.2, -0.15) is 18.4 Å². The van der Waals surface area contributed by atoms with Gasteiger partial charge in [0.1, 0.15) is 17.5 Å². The Labute approximate surface area is 235 Å². The molecule has 10 heteroatoms. The van der Waals surface area contributed by atoms with Crippen molar-refractivity contribution >= 4 is 16.7 Å². The van der Waals surface area contributed by atoms with Gasteiger partial charge in [-0.3, -0.25) is 9.36 Å². The Morgan fingerprint density at radius 3 is 2.12 bits per heavy atom. The lowest BCUT2D eigenvalue weighted by Crippen LogP contribution is -2.36. The van der Waals surface area contributed by atoms with Crippen molar-refractivity contribution in [3.8, 4) is 22.9 Å². The van der Waals surface area contributed by atoms with Crippen LogP contribution >= 0.6 is 0 Å². The number of pyridine rings is 1. The van der Waals surface area contributed by atoms with Gasteiger partial charge in [0.2, 0.25) is 0 Å². The SMILES string of the molecule is COc1ccc2c(=O)n(CCNCC(C)(C)c3ccccc3)c(C#N)c(-c3ccccc3)c2c1.O=C(O)C(F)(F)F. The number of nitriles is 1. The lowest BCUT2D eigenvalue weighted by Gasteiger charge is -2.26. The molecule has 0 amide bonds. The summed E-state index contributed by atoms with van der Waals surface area (Å²) in [6.07, 6.45) is -5.08. The van der Waals surface area contributed by atoms with E-state index in [0.717, 1.165) is 23.1 Å². The first-order valence-electron chi connectivity index (χ1n) is 12.7. The third-order valence-corrected chi connectivity index (χ3v) is 6.52. The van der Waals surface area contributed by atoms with E-state index in [1.54, 1.807) is 23.8 Å². The molecule has 1 aromatic heterocycles. The van der Waals surface area contributed by atoms with Crippen molar-refractivity contribution in [2.45, 2.75) is 32.0 Å². The van der Waals surface area contributed by atoms with E-state index in [1.165, 1.54) is 5.56 Å². The van der Waals surface area contributed by atoms with Crippen molar-refractivity contribution in [3.63, 3.8) is 0 Å². The number of nitrogens with zero attached hydrogens (tertiary/aromatic N) is 2. The molecule has 0 unspecified atom stereocenters. The van der Waals surface area contributed by atoms with Crippen molar-refractivity contribution in [2.75, 3.05) is 20.2 Å². The highest BCUT2D eigenvalue weighted by Crippen LogP contribution is 2.32. The van der Waals surface area contributed by atoms with Crippen LogP contribution in [0.4, 0.5) is 13.2 Å². The number of benzene rings is 3. The molecular formula is C31H30F3N3O4. The number of hydrogen-bond donors (Lipinski definition) is 2. The molecular weight excluding hydrogens is 535 g/mol. The van der Waals surface area contributed by atoms with Gasteiger partial charge < -0.3 is 15.2 Å². The summed E-state index contributed by atoms with van der Waals surface area (Å²) in [5.41, 5.74) is 3.03. The number of aromatic nitrogens is 1. The fourth-order valence-electron chi connectivity index (χ4n) is 4.36. The molecule has 0 aliphatic carbocycles. The number of ether oxygens (including phenoxy) is 1. The third-order valence-electron chi connectivity index (χ3n) is 6.52. The zero-order valence-electron chi connectivity index (χ0n) is 22.8. The highest BCUT2D eigenvalue weighted by Gasteiger charge is 2.38. The number of hydrogen-bond acceptors (Lipinski definition) is 5. The quantitative estimate of drug-likeness (QED) is 0.264. The summed E-state index contributed by atoms with van der Waals surface area (Å²) in [4.78, 5) is 22.3. The molecule has 0 saturated heterocycles. The van der Waals surface area contributed by atoms with Gasteiger partial charge in [0.05, 0.1) is 7.11 Å². The fourth-order valence-corrected chi connectivity index (χ4v) is 4.36. The summed E-state index contributed by atoms with van der Waals surface area (Å²) in [7, 11) is 1.60. The summed E-state index contributed by atoms with van der Waals surface area (Å²) in [6, 6.07) is 27.8. The van der Waals surface area contributed by atoms with Crippen molar-refractivity contribution in [1.29, 1.82) is 5.26 Å². The molecule has 0 fully saturated rings. The van der Waals surface area contributed by atoms with Gasteiger partial charge in [-0.1, -0.05) is 74.5 Å². The van der Waals surface area contributed by atoms with Crippen LogP contribution < -0.4 is 15.6 Å². The molecule has 0 atom stereocenters. The van der Waals surface area contributed by atoms with E-state index < -0.39 is 12.1 Å². The number of methoxy groups -OCH3 is 1. The number of alkyl halides is 3. The summed E-state index contributed by atoms with van der Waals surface area (Å²) in [5, 5.41) is 22.1. The van der Waals surface area contributed by atoms with Gasteiger partial charge in [0.15, 0.2) is 0 Å². The number of nitrogens with one attached hydrogen (secondary N) is 1. The van der Waals surface area contributed by atoms with Gasteiger partial charge in [-0.15, -0.1) is 0 Å². The summed E-state index contributed by atoms with van der Waals surface area (Å²) in [5.74, 6) is -2.11. The molecule has 2 N–H and O–H groups in total. The number of carboxylic acids is 1. The zero-order chi connectivity index (χ0) is 30.2. The van der Waals surface area contributed by atoms with Crippen LogP contribution in [-0.2, 0) is 16.8 Å². The maximum Gasteiger partial charge on any atom is 0.490 e. The average molecular weight is 566 g/mol. The maximum atomic E-state index is 13.4. The van der Waals surface area contributed by atoms with Crippen LogP contribution in [0, 0.1) is 11.3 Å². The largest absolute Gasteiger partial charge is 0.497 e. The molecule has 0 radical (unpaired) electrons. The molecule has 0 aliphatic heterocycles. The fraction of sp³-hybridized carbons (Fsp3) is 0.258. The minimum Gasteiger partial charge on any atom is -0.497 e. The van der Waals surface area contributed by atoms with Crippen molar-refractivity contribution in [1.82, 2.24) is 9.88 Å². The maximum absolute atomic E-state index is 13.4. The Kier molecular flexibility index (Phi) is 9.92. The zero-order valence-corrected chi connectivity index (χ0v) is 22.8. The van der Waals surface area contributed by atoms with Gasteiger partial charge in [0, 0.05) is 41.4 Å². The Hall–Kier alpha value is -4.62. The van der Waals surface area contributed by atoms with E-state index >= 15 is 0 Å². The van der Waals surface area contributed by atoms with Crippen LogP contribution in [0.3, 0.4) is 0 Å². The number of aliphatic carboxylic acids is 1. The lowest BCUT2D eigenvalue weighted by molar-refractivity contribution is -0.192. The first-order chi connectivity index (χ1) is 19.4. The molecule has 41 heavy (non-hydrogen) atoms. The molecule has 214 valence electrons. The molecule has 4 rings (SSSR count). The van der Waals surface area contributed by atoms with E-state index in [0.29, 0.717) is 29.9 Å². The average Bonchev–Trinajstić information content (AvgIpc) is 2.96. The molecule has 7 nitrogen and oxygen atoms in total. The van der Waals surface area contributed by atoms with Gasteiger partial charge in [-0.25, -0.2) is 4.79 Å². The second-order valence-corrected chi connectivity index (χ2v) is 9.80.